The number of aliphatic imine (C=N–C) groups is 1. The molecule has 1 aromatic rings. The fraction of sp³-hybridized carbons (Fsp3) is 0.357. The van der Waals surface area contributed by atoms with Crippen molar-refractivity contribution in [3.05, 3.63) is 46.5 Å². The Morgan fingerprint density at radius 2 is 2.18 bits per heavy atom. The summed E-state index contributed by atoms with van der Waals surface area (Å²) in [7, 11) is 0. The molecule has 0 saturated carbocycles. The summed E-state index contributed by atoms with van der Waals surface area (Å²) in [6, 6.07) is 5.60. The zero-order valence-corrected chi connectivity index (χ0v) is 12.4. The molecule has 0 radical (unpaired) electrons. The maximum atomic E-state index is 10.5. The van der Waals surface area contributed by atoms with E-state index in [4.69, 9.17) is 10.5 Å². The van der Waals surface area contributed by atoms with Gasteiger partial charge in [0.15, 0.2) is 5.96 Å². The fourth-order valence-electron chi connectivity index (χ4n) is 1.41. The Labute approximate surface area is 128 Å². The Morgan fingerprint density at radius 3 is 2.73 bits per heavy atom. The lowest BCUT2D eigenvalue weighted by molar-refractivity contribution is -0.384. The molecule has 0 aromatic heterocycles. The predicted molar refractivity (Wildman–Crippen MR) is 83.9 cm³/mol. The molecule has 0 aliphatic carbocycles. The minimum Gasteiger partial charge on any atom is -0.491 e. The smallest absolute Gasteiger partial charge is 0.269 e. The number of ether oxygens (including phenoxy) is 1. The Kier molecular flexibility index (Phi) is 6.84. The van der Waals surface area contributed by atoms with Crippen LogP contribution in [0.5, 0.6) is 5.75 Å². The quantitative estimate of drug-likeness (QED) is 0.215. The summed E-state index contributed by atoms with van der Waals surface area (Å²) in [6.45, 7) is 6.19. The first kappa shape index (κ1) is 17.4. The lowest BCUT2D eigenvalue weighted by Crippen LogP contribution is -2.34. The molecule has 0 bridgehead atoms. The Bertz CT molecular complexity index is 542. The number of guanidine groups is 1. The van der Waals surface area contributed by atoms with Crippen LogP contribution in [0.25, 0.3) is 0 Å². The summed E-state index contributed by atoms with van der Waals surface area (Å²) in [5, 5.41) is 23.1. The molecule has 1 unspecified atom stereocenters. The van der Waals surface area contributed by atoms with Crippen LogP contribution in [0.15, 0.2) is 41.4 Å². The molecular weight excluding hydrogens is 288 g/mol. The number of rotatable bonds is 8. The number of hydrogen-bond donors (Lipinski definition) is 3. The van der Waals surface area contributed by atoms with Gasteiger partial charge < -0.3 is 20.9 Å². The van der Waals surface area contributed by atoms with Gasteiger partial charge in [-0.15, -0.1) is 0 Å². The summed E-state index contributed by atoms with van der Waals surface area (Å²) in [4.78, 5) is 14.0. The highest BCUT2D eigenvalue weighted by Gasteiger charge is 2.07. The van der Waals surface area contributed by atoms with Crippen molar-refractivity contribution in [1.29, 1.82) is 0 Å². The van der Waals surface area contributed by atoms with Crippen LogP contribution < -0.4 is 15.8 Å². The van der Waals surface area contributed by atoms with Crippen LogP contribution in [0.2, 0.25) is 0 Å². The van der Waals surface area contributed by atoms with E-state index in [1.807, 2.05) is 6.92 Å². The average Bonchev–Trinajstić information content (AvgIpc) is 2.49. The van der Waals surface area contributed by atoms with Crippen LogP contribution in [0, 0.1) is 10.1 Å². The van der Waals surface area contributed by atoms with Crippen molar-refractivity contribution in [2.45, 2.75) is 13.0 Å². The zero-order chi connectivity index (χ0) is 16.5. The lowest BCUT2D eigenvalue weighted by Gasteiger charge is -2.11. The second-order valence-electron chi connectivity index (χ2n) is 4.75. The van der Waals surface area contributed by atoms with Crippen molar-refractivity contribution < 1.29 is 14.8 Å². The van der Waals surface area contributed by atoms with Gasteiger partial charge in [0.25, 0.3) is 5.69 Å². The molecule has 0 aliphatic heterocycles. The van der Waals surface area contributed by atoms with Crippen LogP contribution in [0.4, 0.5) is 5.69 Å². The van der Waals surface area contributed by atoms with Crippen molar-refractivity contribution in [2.75, 3.05) is 19.7 Å². The number of non-ortho nitro benzene ring substituents is 1. The molecule has 120 valence electrons. The molecule has 1 atom stereocenters. The van der Waals surface area contributed by atoms with Gasteiger partial charge >= 0.3 is 0 Å². The lowest BCUT2D eigenvalue weighted by atomic mass is 10.3. The van der Waals surface area contributed by atoms with Gasteiger partial charge in [-0.3, -0.25) is 15.1 Å². The third kappa shape index (κ3) is 6.71. The molecule has 0 spiro atoms. The SMILES string of the molecule is C=C(C)CNC(N)=NCC(O)COc1ccc([N+](=O)[O-])cc1. The van der Waals surface area contributed by atoms with Gasteiger partial charge in [-0.1, -0.05) is 12.2 Å². The van der Waals surface area contributed by atoms with Crippen LogP contribution >= 0.6 is 0 Å². The molecule has 22 heavy (non-hydrogen) atoms. The molecule has 4 N–H and O–H groups in total. The number of hydrogen-bond acceptors (Lipinski definition) is 5. The van der Waals surface area contributed by atoms with E-state index in [2.05, 4.69) is 16.9 Å². The fourth-order valence-corrected chi connectivity index (χ4v) is 1.41. The summed E-state index contributed by atoms with van der Waals surface area (Å²) in [5.74, 6) is 0.652. The summed E-state index contributed by atoms with van der Waals surface area (Å²) in [6.07, 6.45) is -0.833. The van der Waals surface area contributed by atoms with Crippen LogP contribution in [0.1, 0.15) is 6.92 Å². The number of nitro benzene ring substituents is 1. The highest BCUT2D eigenvalue weighted by atomic mass is 16.6. The number of nitro groups is 1. The minimum absolute atomic E-state index is 0.00901. The largest absolute Gasteiger partial charge is 0.491 e. The van der Waals surface area contributed by atoms with E-state index in [0.717, 1.165) is 5.57 Å². The molecule has 1 aromatic carbocycles. The van der Waals surface area contributed by atoms with E-state index in [-0.39, 0.29) is 24.8 Å². The monoisotopic (exact) mass is 308 g/mol. The number of nitrogens with two attached hydrogens (primary N) is 1. The van der Waals surface area contributed by atoms with E-state index in [1.54, 1.807) is 0 Å². The molecular formula is C14H20N4O4. The standard InChI is InChI=1S/C14H20N4O4/c1-10(2)7-16-14(15)17-8-12(19)9-22-13-5-3-11(4-6-13)18(20)21/h3-6,12,19H,1,7-9H2,2H3,(H3,15,16,17). The van der Waals surface area contributed by atoms with Crippen molar-refractivity contribution >= 4 is 11.6 Å². The van der Waals surface area contributed by atoms with Crippen LogP contribution in [0.3, 0.4) is 0 Å². The minimum atomic E-state index is -0.833. The Balaban J connectivity index is 2.36. The van der Waals surface area contributed by atoms with E-state index in [9.17, 15) is 15.2 Å². The first-order chi connectivity index (χ1) is 10.4. The number of nitrogens with zero attached hydrogens (tertiary/aromatic N) is 2. The molecule has 1 rings (SSSR count). The van der Waals surface area contributed by atoms with E-state index >= 15 is 0 Å². The van der Waals surface area contributed by atoms with Gasteiger partial charge in [-0.25, -0.2) is 0 Å². The third-order valence-electron chi connectivity index (χ3n) is 2.53. The number of benzene rings is 1. The van der Waals surface area contributed by atoms with Crippen molar-refractivity contribution in [3.8, 4) is 5.75 Å². The van der Waals surface area contributed by atoms with Crippen molar-refractivity contribution in [2.24, 2.45) is 10.7 Å². The average molecular weight is 308 g/mol. The highest BCUT2D eigenvalue weighted by Crippen LogP contribution is 2.17. The molecule has 0 aliphatic rings. The normalized spacial score (nSPS) is 12.5. The van der Waals surface area contributed by atoms with Crippen LogP contribution in [-0.4, -0.2) is 41.8 Å². The summed E-state index contributed by atoms with van der Waals surface area (Å²) in [5.41, 5.74) is 6.50. The van der Waals surface area contributed by atoms with E-state index in [0.29, 0.717) is 12.3 Å². The van der Waals surface area contributed by atoms with Gasteiger partial charge in [-0.05, 0) is 19.1 Å². The molecule has 0 amide bonds. The number of nitrogens with one attached hydrogen (secondary N) is 1. The van der Waals surface area contributed by atoms with Gasteiger partial charge in [0.05, 0.1) is 11.5 Å². The van der Waals surface area contributed by atoms with Crippen LogP contribution in [-0.2, 0) is 0 Å². The Hall–Kier alpha value is -2.61. The molecule has 0 fully saturated rings. The van der Waals surface area contributed by atoms with E-state index in [1.165, 1.54) is 24.3 Å². The number of aliphatic hydroxyl groups is 1. The molecule has 0 saturated heterocycles. The summed E-state index contributed by atoms with van der Waals surface area (Å²) < 4.78 is 5.32. The van der Waals surface area contributed by atoms with Gasteiger partial charge in [0.1, 0.15) is 18.5 Å². The summed E-state index contributed by atoms with van der Waals surface area (Å²) >= 11 is 0. The van der Waals surface area contributed by atoms with Crippen molar-refractivity contribution in [1.82, 2.24) is 5.32 Å². The zero-order valence-electron chi connectivity index (χ0n) is 12.4. The molecule has 0 heterocycles. The molecule has 8 nitrogen and oxygen atoms in total. The first-order valence-electron chi connectivity index (χ1n) is 6.62. The second-order valence-corrected chi connectivity index (χ2v) is 4.75. The second kappa shape index (κ2) is 8.63. The molecule has 8 heteroatoms. The van der Waals surface area contributed by atoms with Crippen molar-refractivity contribution in [3.63, 3.8) is 0 Å². The number of aliphatic hydroxyl groups excluding tert-OH is 1. The Morgan fingerprint density at radius 1 is 1.55 bits per heavy atom. The maximum absolute atomic E-state index is 10.5. The van der Waals surface area contributed by atoms with Gasteiger partial charge in [0, 0.05) is 18.7 Å². The highest BCUT2D eigenvalue weighted by molar-refractivity contribution is 5.78. The van der Waals surface area contributed by atoms with E-state index < -0.39 is 11.0 Å². The topological polar surface area (TPSA) is 123 Å². The maximum Gasteiger partial charge on any atom is 0.269 e. The first-order valence-corrected chi connectivity index (χ1v) is 6.62. The van der Waals surface area contributed by atoms with Gasteiger partial charge in [-0.2, -0.15) is 0 Å². The predicted octanol–water partition coefficient (Wildman–Crippen LogP) is 0.815. The van der Waals surface area contributed by atoms with Gasteiger partial charge in [0.2, 0.25) is 0 Å². The third-order valence-corrected chi connectivity index (χ3v) is 2.53.